The highest BCUT2D eigenvalue weighted by Crippen LogP contribution is 2.21. The molecular weight excluding hydrogens is 254 g/mol. The Labute approximate surface area is 120 Å². The van der Waals surface area contributed by atoms with Gasteiger partial charge in [-0.3, -0.25) is 4.79 Å². The number of hydrogen-bond acceptors (Lipinski definition) is 4. The van der Waals surface area contributed by atoms with E-state index in [-0.39, 0.29) is 17.4 Å². The lowest BCUT2D eigenvalue weighted by Crippen LogP contribution is -2.31. The van der Waals surface area contributed by atoms with Crippen LogP contribution in [0.25, 0.3) is 0 Å². The van der Waals surface area contributed by atoms with Gasteiger partial charge in [-0.25, -0.2) is 4.98 Å². The summed E-state index contributed by atoms with van der Waals surface area (Å²) in [7, 11) is 0. The molecule has 0 fully saturated rings. The second-order valence-electron chi connectivity index (χ2n) is 6.10. The molecule has 0 aliphatic heterocycles. The lowest BCUT2D eigenvalue weighted by molar-refractivity contribution is -0.116. The van der Waals surface area contributed by atoms with E-state index in [2.05, 4.69) is 31.1 Å². The van der Waals surface area contributed by atoms with Crippen molar-refractivity contribution in [3.63, 3.8) is 0 Å². The molecule has 0 aromatic carbocycles. The van der Waals surface area contributed by atoms with Crippen LogP contribution in [-0.4, -0.2) is 23.5 Å². The molecule has 1 unspecified atom stereocenters. The van der Waals surface area contributed by atoms with Crippen molar-refractivity contribution in [3.8, 4) is 5.88 Å². The first-order valence-electron chi connectivity index (χ1n) is 6.94. The van der Waals surface area contributed by atoms with Crippen molar-refractivity contribution in [2.45, 2.75) is 46.6 Å². The fraction of sp³-hybridized carbons (Fsp3) is 0.600. The van der Waals surface area contributed by atoms with Crippen LogP contribution < -0.4 is 15.8 Å². The van der Waals surface area contributed by atoms with E-state index in [1.165, 1.54) is 0 Å². The molecule has 0 aliphatic carbocycles. The van der Waals surface area contributed by atoms with Crippen LogP contribution in [0.4, 0.5) is 5.69 Å². The number of amides is 1. The third kappa shape index (κ3) is 6.52. The van der Waals surface area contributed by atoms with Gasteiger partial charge in [-0.15, -0.1) is 0 Å². The second kappa shape index (κ2) is 7.24. The zero-order chi connectivity index (χ0) is 15.2. The van der Waals surface area contributed by atoms with Crippen LogP contribution in [0.1, 0.15) is 40.5 Å². The maximum Gasteiger partial charge on any atom is 0.225 e. The molecule has 0 bridgehead atoms. The number of nitrogens with zero attached hydrogens (tertiary/aromatic N) is 1. The molecule has 5 nitrogen and oxygen atoms in total. The van der Waals surface area contributed by atoms with E-state index in [1.807, 2.05) is 6.92 Å². The van der Waals surface area contributed by atoms with Crippen molar-refractivity contribution >= 4 is 11.6 Å². The zero-order valence-electron chi connectivity index (χ0n) is 12.8. The summed E-state index contributed by atoms with van der Waals surface area (Å²) in [5, 5.41) is 2.79. The van der Waals surface area contributed by atoms with Gasteiger partial charge in [0, 0.05) is 18.5 Å². The van der Waals surface area contributed by atoms with Gasteiger partial charge in [0.15, 0.2) is 0 Å². The lowest BCUT2D eigenvalue weighted by Gasteiger charge is -2.22. The van der Waals surface area contributed by atoms with Gasteiger partial charge in [0.05, 0.1) is 18.5 Å². The molecule has 1 aromatic rings. The van der Waals surface area contributed by atoms with E-state index in [1.54, 1.807) is 18.3 Å². The summed E-state index contributed by atoms with van der Waals surface area (Å²) in [5.41, 5.74) is 6.76. The van der Waals surface area contributed by atoms with E-state index < -0.39 is 0 Å². The van der Waals surface area contributed by atoms with Crippen LogP contribution in [0.2, 0.25) is 0 Å². The highest BCUT2D eigenvalue weighted by Gasteiger charge is 2.18. The summed E-state index contributed by atoms with van der Waals surface area (Å²) >= 11 is 0. The molecule has 1 amide bonds. The first kappa shape index (κ1) is 16.4. The third-order valence-corrected chi connectivity index (χ3v) is 2.63. The molecule has 3 N–H and O–H groups in total. The number of pyridine rings is 1. The van der Waals surface area contributed by atoms with Crippen molar-refractivity contribution < 1.29 is 9.53 Å². The Bertz CT molecular complexity index is 424. The van der Waals surface area contributed by atoms with Crippen molar-refractivity contribution in [1.29, 1.82) is 0 Å². The van der Waals surface area contributed by atoms with Gasteiger partial charge in [0.2, 0.25) is 11.8 Å². The van der Waals surface area contributed by atoms with E-state index in [0.29, 0.717) is 24.6 Å². The number of nitrogens with one attached hydrogen (secondary N) is 1. The van der Waals surface area contributed by atoms with Crippen LogP contribution in [0.3, 0.4) is 0 Å². The molecule has 20 heavy (non-hydrogen) atoms. The molecule has 0 saturated heterocycles. The normalized spacial score (nSPS) is 12.8. The molecule has 1 aromatic heterocycles. The second-order valence-corrected chi connectivity index (χ2v) is 6.10. The lowest BCUT2D eigenvalue weighted by atomic mass is 9.87. The Morgan fingerprint density at radius 3 is 2.65 bits per heavy atom. The number of aromatic nitrogens is 1. The smallest absolute Gasteiger partial charge is 0.225 e. The summed E-state index contributed by atoms with van der Waals surface area (Å²) < 4.78 is 5.24. The minimum atomic E-state index is -0.134. The largest absolute Gasteiger partial charge is 0.478 e. The Kier molecular flexibility index (Phi) is 5.95. The van der Waals surface area contributed by atoms with E-state index in [4.69, 9.17) is 10.5 Å². The van der Waals surface area contributed by atoms with E-state index >= 15 is 0 Å². The molecular formula is C15H25N3O2. The van der Waals surface area contributed by atoms with Gasteiger partial charge >= 0.3 is 0 Å². The van der Waals surface area contributed by atoms with Gasteiger partial charge in [-0.1, -0.05) is 20.8 Å². The van der Waals surface area contributed by atoms with Gasteiger partial charge in [-0.2, -0.15) is 0 Å². The quantitative estimate of drug-likeness (QED) is 0.839. The van der Waals surface area contributed by atoms with Crippen molar-refractivity contribution in [2.24, 2.45) is 11.1 Å². The Morgan fingerprint density at radius 2 is 2.15 bits per heavy atom. The average Bonchev–Trinajstić information content (AvgIpc) is 2.29. The Hall–Kier alpha value is -1.62. The molecule has 112 valence electrons. The monoisotopic (exact) mass is 279 g/mol. The number of carbonyl (C=O) groups excluding carboxylic acids is 1. The topological polar surface area (TPSA) is 77.2 Å². The van der Waals surface area contributed by atoms with E-state index in [0.717, 1.165) is 6.42 Å². The molecule has 0 spiro atoms. The fourth-order valence-corrected chi connectivity index (χ4v) is 2.00. The molecule has 0 radical (unpaired) electrons. The van der Waals surface area contributed by atoms with Crippen molar-refractivity contribution in [1.82, 2.24) is 4.98 Å². The standard InChI is InChI=1S/C15H25N3O2/c1-5-20-14-7-6-12(10-17-14)18-13(19)8-11(16)9-15(2,3)4/h6-7,10-11H,5,8-9,16H2,1-4H3,(H,18,19). The Morgan fingerprint density at radius 1 is 1.45 bits per heavy atom. The number of anilines is 1. The summed E-state index contributed by atoms with van der Waals surface area (Å²) in [6.45, 7) is 8.80. The fourth-order valence-electron chi connectivity index (χ4n) is 2.00. The first-order chi connectivity index (χ1) is 9.30. The maximum atomic E-state index is 11.9. The van der Waals surface area contributed by atoms with Gasteiger partial charge in [0.1, 0.15) is 0 Å². The van der Waals surface area contributed by atoms with Crippen LogP contribution in [0, 0.1) is 5.41 Å². The number of carbonyl (C=O) groups is 1. The minimum absolute atomic E-state index is 0.0901. The van der Waals surface area contributed by atoms with Gasteiger partial charge in [-0.05, 0) is 24.8 Å². The summed E-state index contributed by atoms with van der Waals surface area (Å²) in [6.07, 6.45) is 2.70. The summed E-state index contributed by atoms with van der Waals surface area (Å²) in [6, 6.07) is 3.37. The third-order valence-electron chi connectivity index (χ3n) is 2.63. The van der Waals surface area contributed by atoms with Crippen LogP contribution in [-0.2, 0) is 4.79 Å². The van der Waals surface area contributed by atoms with Gasteiger partial charge in [0.25, 0.3) is 0 Å². The minimum Gasteiger partial charge on any atom is -0.478 e. The average molecular weight is 279 g/mol. The number of ether oxygens (including phenoxy) is 1. The molecule has 1 rings (SSSR count). The highest BCUT2D eigenvalue weighted by atomic mass is 16.5. The first-order valence-corrected chi connectivity index (χ1v) is 6.94. The van der Waals surface area contributed by atoms with Crippen LogP contribution in [0.15, 0.2) is 18.3 Å². The SMILES string of the molecule is CCOc1ccc(NC(=O)CC(N)CC(C)(C)C)cn1. The highest BCUT2D eigenvalue weighted by molar-refractivity contribution is 5.90. The Balaban J connectivity index is 2.45. The predicted octanol–water partition coefficient (Wildman–Crippen LogP) is 2.57. The number of rotatable bonds is 6. The molecule has 0 aliphatic rings. The van der Waals surface area contributed by atoms with Crippen LogP contribution >= 0.6 is 0 Å². The zero-order valence-corrected chi connectivity index (χ0v) is 12.8. The van der Waals surface area contributed by atoms with Crippen LogP contribution in [0.5, 0.6) is 5.88 Å². The molecule has 0 saturated carbocycles. The molecule has 1 heterocycles. The maximum absolute atomic E-state index is 11.9. The number of nitrogens with two attached hydrogens (primary N) is 1. The van der Waals surface area contributed by atoms with Gasteiger partial charge < -0.3 is 15.8 Å². The molecule has 1 atom stereocenters. The number of hydrogen-bond donors (Lipinski definition) is 2. The summed E-state index contributed by atoms with van der Waals surface area (Å²) in [4.78, 5) is 16.0. The predicted molar refractivity (Wildman–Crippen MR) is 80.7 cm³/mol. The summed E-state index contributed by atoms with van der Waals surface area (Å²) in [5.74, 6) is 0.461. The van der Waals surface area contributed by atoms with E-state index in [9.17, 15) is 4.79 Å². The molecule has 5 heteroatoms. The van der Waals surface area contributed by atoms with Crippen molar-refractivity contribution in [2.75, 3.05) is 11.9 Å². The van der Waals surface area contributed by atoms with Crippen molar-refractivity contribution in [3.05, 3.63) is 18.3 Å².